The lowest BCUT2D eigenvalue weighted by Crippen LogP contribution is -2.41. The second-order valence-corrected chi connectivity index (χ2v) is 7.54. The molecule has 2 rings (SSSR count). The molecule has 1 fully saturated rings. The molecule has 1 aromatic rings. The highest BCUT2D eigenvalue weighted by Gasteiger charge is 2.42. The first-order valence-corrected chi connectivity index (χ1v) is 8.50. The Kier molecular flexibility index (Phi) is 4.86. The molecule has 0 aliphatic heterocycles. The van der Waals surface area contributed by atoms with Crippen LogP contribution in [-0.2, 0) is 0 Å². The highest BCUT2D eigenvalue weighted by atomic mass is 79.9. The first-order valence-electron chi connectivity index (χ1n) is 6.77. The lowest BCUT2D eigenvalue weighted by Gasteiger charge is -2.39. The van der Waals surface area contributed by atoms with Gasteiger partial charge in [-0.15, -0.1) is 0 Å². The Hall–Kier alpha value is 0.100. The standard InChI is InChI=1S/C14H23BrN2S/c1-10(2)7-14(5-3-4-6-14)13(17-16)11-8-18-9-12(11)15/h8-10,13,17H,3-7,16H2,1-2H3. The lowest BCUT2D eigenvalue weighted by molar-refractivity contribution is 0.156. The Morgan fingerprint density at radius 2 is 2.06 bits per heavy atom. The molecular formula is C14H23BrN2S. The Morgan fingerprint density at radius 1 is 1.39 bits per heavy atom. The lowest BCUT2D eigenvalue weighted by atomic mass is 9.71. The molecule has 3 N–H and O–H groups in total. The minimum atomic E-state index is 0.281. The van der Waals surface area contributed by atoms with Gasteiger partial charge >= 0.3 is 0 Å². The molecule has 1 aliphatic carbocycles. The van der Waals surface area contributed by atoms with Crippen LogP contribution in [0.3, 0.4) is 0 Å². The van der Waals surface area contributed by atoms with Crippen molar-refractivity contribution in [2.75, 3.05) is 0 Å². The summed E-state index contributed by atoms with van der Waals surface area (Å²) < 4.78 is 1.20. The van der Waals surface area contributed by atoms with Gasteiger partial charge in [0.25, 0.3) is 0 Å². The van der Waals surface area contributed by atoms with Gasteiger partial charge in [0.15, 0.2) is 0 Å². The van der Waals surface area contributed by atoms with E-state index in [-0.39, 0.29) is 6.04 Å². The van der Waals surface area contributed by atoms with Crippen molar-refractivity contribution < 1.29 is 0 Å². The fourth-order valence-electron chi connectivity index (χ4n) is 3.60. The first-order chi connectivity index (χ1) is 8.59. The molecule has 0 saturated heterocycles. The van der Waals surface area contributed by atoms with Crippen molar-refractivity contribution in [3.8, 4) is 0 Å². The minimum absolute atomic E-state index is 0.281. The van der Waals surface area contributed by atoms with E-state index >= 15 is 0 Å². The van der Waals surface area contributed by atoms with E-state index in [0.717, 1.165) is 5.92 Å². The number of nitrogens with one attached hydrogen (secondary N) is 1. The van der Waals surface area contributed by atoms with Crippen LogP contribution >= 0.6 is 27.3 Å². The van der Waals surface area contributed by atoms with E-state index in [1.165, 1.54) is 42.1 Å². The normalized spacial score (nSPS) is 20.5. The van der Waals surface area contributed by atoms with Gasteiger partial charge in [-0.3, -0.25) is 11.3 Å². The summed E-state index contributed by atoms with van der Waals surface area (Å²) in [6.45, 7) is 4.63. The maximum absolute atomic E-state index is 5.91. The number of hydrazine groups is 1. The van der Waals surface area contributed by atoms with Crippen LogP contribution in [0.25, 0.3) is 0 Å². The minimum Gasteiger partial charge on any atom is -0.271 e. The molecule has 18 heavy (non-hydrogen) atoms. The van der Waals surface area contributed by atoms with Gasteiger partial charge in [0.1, 0.15) is 0 Å². The van der Waals surface area contributed by atoms with Crippen molar-refractivity contribution in [1.82, 2.24) is 5.43 Å². The molecular weight excluding hydrogens is 308 g/mol. The molecule has 0 spiro atoms. The van der Waals surface area contributed by atoms with Crippen molar-refractivity contribution in [3.05, 3.63) is 20.8 Å². The number of rotatable bonds is 5. The molecule has 102 valence electrons. The molecule has 4 heteroatoms. The monoisotopic (exact) mass is 330 g/mol. The average molecular weight is 331 g/mol. The van der Waals surface area contributed by atoms with Gasteiger partial charge in [-0.05, 0) is 57.5 Å². The van der Waals surface area contributed by atoms with Gasteiger partial charge < -0.3 is 0 Å². The summed E-state index contributed by atoms with van der Waals surface area (Å²) in [7, 11) is 0. The maximum Gasteiger partial charge on any atom is 0.0535 e. The number of hydrogen-bond donors (Lipinski definition) is 2. The Bertz CT molecular complexity index is 383. The van der Waals surface area contributed by atoms with E-state index in [2.05, 4.69) is 46.0 Å². The van der Waals surface area contributed by atoms with Crippen molar-refractivity contribution in [2.45, 2.75) is 52.0 Å². The van der Waals surface area contributed by atoms with Gasteiger partial charge in [0.05, 0.1) is 6.04 Å². The predicted octanol–water partition coefficient (Wildman–Crippen LogP) is 4.62. The van der Waals surface area contributed by atoms with Gasteiger partial charge in [-0.25, -0.2) is 0 Å². The molecule has 0 aromatic carbocycles. The second-order valence-electron chi connectivity index (χ2n) is 5.94. The van der Waals surface area contributed by atoms with E-state index in [1.54, 1.807) is 11.3 Å². The highest BCUT2D eigenvalue weighted by Crippen LogP contribution is 2.52. The molecule has 2 nitrogen and oxygen atoms in total. The predicted molar refractivity (Wildman–Crippen MR) is 82.4 cm³/mol. The van der Waals surface area contributed by atoms with Gasteiger partial charge in [0.2, 0.25) is 0 Å². The van der Waals surface area contributed by atoms with Crippen LogP contribution in [0.1, 0.15) is 57.6 Å². The quantitative estimate of drug-likeness (QED) is 0.610. The van der Waals surface area contributed by atoms with Crippen molar-refractivity contribution in [3.63, 3.8) is 0 Å². The molecule has 1 heterocycles. The summed E-state index contributed by atoms with van der Waals surface area (Å²) in [5, 5.41) is 4.38. The van der Waals surface area contributed by atoms with Crippen molar-refractivity contribution >= 4 is 27.3 Å². The molecule has 0 amide bonds. The fourth-order valence-corrected chi connectivity index (χ4v) is 5.15. The second kappa shape index (κ2) is 6.04. The van der Waals surface area contributed by atoms with E-state index in [0.29, 0.717) is 5.41 Å². The number of thiophene rings is 1. The number of hydrogen-bond acceptors (Lipinski definition) is 3. The van der Waals surface area contributed by atoms with E-state index in [4.69, 9.17) is 5.84 Å². The Balaban J connectivity index is 2.31. The molecule has 1 unspecified atom stereocenters. The molecule has 1 aliphatic rings. The Labute approximate surface area is 122 Å². The van der Waals surface area contributed by atoms with Gasteiger partial charge in [-0.1, -0.05) is 26.7 Å². The molecule has 1 atom stereocenters. The summed E-state index contributed by atoms with van der Waals surface area (Å²) in [5.41, 5.74) is 4.79. The van der Waals surface area contributed by atoms with Crippen LogP contribution in [0, 0.1) is 11.3 Å². The van der Waals surface area contributed by atoms with Crippen LogP contribution in [-0.4, -0.2) is 0 Å². The van der Waals surface area contributed by atoms with Crippen LogP contribution < -0.4 is 11.3 Å². The maximum atomic E-state index is 5.91. The summed E-state index contributed by atoms with van der Waals surface area (Å²) in [6, 6.07) is 0.281. The average Bonchev–Trinajstić information content (AvgIpc) is 2.90. The number of halogens is 1. The zero-order valence-electron chi connectivity index (χ0n) is 11.2. The molecule has 1 aromatic heterocycles. The topological polar surface area (TPSA) is 38.0 Å². The highest BCUT2D eigenvalue weighted by molar-refractivity contribution is 9.10. The summed E-state index contributed by atoms with van der Waals surface area (Å²) >= 11 is 5.40. The summed E-state index contributed by atoms with van der Waals surface area (Å²) in [4.78, 5) is 0. The zero-order chi connectivity index (χ0) is 13.2. The van der Waals surface area contributed by atoms with E-state index in [9.17, 15) is 0 Å². The molecule has 1 saturated carbocycles. The van der Waals surface area contributed by atoms with Crippen molar-refractivity contribution in [2.24, 2.45) is 17.2 Å². The third-order valence-corrected chi connectivity index (χ3v) is 5.90. The third-order valence-electron chi connectivity index (χ3n) is 4.15. The van der Waals surface area contributed by atoms with Gasteiger partial charge in [-0.2, -0.15) is 11.3 Å². The van der Waals surface area contributed by atoms with Gasteiger partial charge in [0, 0.05) is 9.85 Å². The van der Waals surface area contributed by atoms with Crippen LogP contribution in [0.15, 0.2) is 15.2 Å². The summed E-state index contributed by atoms with van der Waals surface area (Å²) in [5.74, 6) is 6.63. The molecule has 0 bridgehead atoms. The first kappa shape index (κ1) is 14.5. The SMILES string of the molecule is CC(C)CC1(C(NN)c2cscc2Br)CCCC1. The third kappa shape index (κ3) is 2.82. The summed E-state index contributed by atoms with van der Waals surface area (Å²) in [6.07, 6.45) is 6.52. The smallest absolute Gasteiger partial charge is 0.0535 e. The van der Waals surface area contributed by atoms with E-state index < -0.39 is 0 Å². The fraction of sp³-hybridized carbons (Fsp3) is 0.714. The Morgan fingerprint density at radius 3 is 2.50 bits per heavy atom. The van der Waals surface area contributed by atoms with Crippen LogP contribution in [0.4, 0.5) is 0 Å². The zero-order valence-corrected chi connectivity index (χ0v) is 13.6. The van der Waals surface area contributed by atoms with Crippen LogP contribution in [0.2, 0.25) is 0 Å². The van der Waals surface area contributed by atoms with Crippen LogP contribution in [0.5, 0.6) is 0 Å². The van der Waals surface area contributed by atoms with Crippen molar-refractivity contribution in [1.29, 1.82) is 0 Å². The number of nitrogens with two attached hydrogens (primary N) is 1. The van der Waals surface area contributed by atoms with E-state index in [1.807, 2.05) is 0 Å². The largest absolute Gasteiger partial charge is 0.271 e. The molecule has 0 radical (unpaired) electrons.